The molecule has 3 rings (SSSR count). The van der Waals surface area contributed by atoms with Crippen LogP contribution >= 0.6 is 22.7 Å². The first kappa shape index (κ1) is 14.7. The Balaban J connectivity index is 1.75. The molecule has 0 spiro atoms. The molecule has 2 heterocycles. The number of aliphatic hydroxyl groups is 1. The second-order valence-corrected chi connectivity index (χ2v) is 7.15. The van der Waals surface area contributed by atoms with Crippen molar-refractivity contribution < 1.29 is 9.90 Å². The Morgan fingerprint density at radius 3 is 3.00 bits per heavy atom. The molecule has 0 saturated heterocycles. The minimum Gasteiger partial charge on any atom is -0.396 e. The van der Waals surface area contributed by atoms with Gasteiger partial charge in [0.05, 0.1) is 5.69 Å². The molecule has 2 aromatic rings. The Morgan fingerprint density at radius 2 is 2.38 bits per heavy atom. The van der Waals surface area contributed by atoms with Gasteiger partial charge < -0.3 is 10.4 Å². The number of hydrogen-bond donors (Lipinski definition) is 2. The van der Waals surface area contributed by atoms with Gasteiger partial charge in [0, 0.05) is 23.6 Å². The van der Waals surface area contributed by atoms with E-state index >= 15 is 0 Å². The second kappa shape index (κ2) is 6.25. The van der Waals surface area contributed by atoms with Crippen LogP contribution in [0.4, 0.5) is 0 Å². The van der Waals surface area contributed by atoms with Crippen LogP contribution in [0.1, 0.15) is 34.6 Å². The lowest BCUT2D eigenvalue weighted by Crippen LogP contribution is -2.37. The Labute approximate surface area is 131 Å². The van der Waals surface area contributed by atoms with E-state index in [0.717, 1.165) is 29.1 Å². The van der Waals surface area contributed by atoms with Gasteiger partial charge in [-0.3, -0.25) is 4.79 Å². The zero-order chi connectivity index (χ0) is 14.8. The molecule has 1 aliphatic rings. The molecule has 1 aliphatic carbocycles. The molecular weight excluding hydrogens is 304 g/mol. The van der Waals surface area contributed by atoms with E-state index in [0.29, 0.717) is 17.2 Å². The number of aromatic nitrogens is 1. The van der Waals surface area contributed by atoms with Gasteiger partial charge in [-0.25, -0.2) is 4.98 Å². The predicted molar refractivity (Wildman–Crippen MR) is 85.8 cm³/mol. The first-order valence-corrected chi connectivity index (χ1v) is 8.86. The number of hydrogen-bond acceptors (Lipinski definition) is 5. The maximum Gasteiger partial charge on any atom is 0.263 e. The summed E-state index contributed by atoms with van der Waals surface area (Å²) >= 11 is 3.06. The van der Waals surface area contributed by atoms with E-state index in [2.05, 4.69) is 10.3 Å². The van der Waals surface area contributed by atoms with E-state index in [9.17, 15) is 4.79 Å². The first-order chi connectivity index (χ1) is 10.2. The molecule has 21 heavy (non-hydrogen) atoms. The summed E-state index contributed by atoms with van der Waals surface area (Å²) in [4.78, 5) is 17.6. The topological polar surface area (TPSA) is 62.2 Å². The Bertz CT molecular complexity index is 618. The van der Waals surface area contributed by atoms with Gasteiger partial charge in [-0.2, -0.15) is 11.3 Å². The summed E-state index contributed by atoms with van der Waals surface area (Å²) in [6.45, 7) is 1.99. The number of thiophene rings is 1. The van der Waals surface area contributed by atoms with Crippen LogP contribution in [-0.4, -0.2) is 28.6 Å². The van der Waals surface area contributed by atoms with Crippen LogP contribution < -0.4 is 5.32 Å². The van der Waals surface area contributed by atoms with Gasteiger partial charge in [0.15, 0.2) is 0 Å². The molecule has 1 unspecified atom stereocenters. The fourth-order valence-electron chi connectivity index (χ4n) is 2.41. The zero-order valence-corrected chi connectivity index (χ0v) is 13.5. The van der Waals surface area contributed by atoms with Gasteiger partial charge in [-0.1, -0.05) is 0 Å². The van der Waals surface area contributed by atoms with Crippen molar-refractivity contribution in [3.8, 4) is 10.6 Å². The van der Waals surface area contributed by atoms with Crippen molar-refractivity contribution in [1.29, 1.82) is 0 Å². The summed E-state index contributed by atoms with van der Waals surface area (Å²) < 4.78 is 0. The van der Waals surface area contributed by atoms with E-state index in [1.54, 1.807) is 11.3 Å². The average molecular weight is 322 g/mol. The van der Waals surface area contributed by atoms with E-state index in [4.69, 9.17) is 5.11 Å². The molecule has 1 atom stereocenters. The molecule has 0 aromatic carbocycles. The Hall–Kier alpha value is -1.24. The zero-order valence-electron chi connectivity index (χ0n) is 11.8. The number of nitrogens with zero attached hydrogens (tertiary/aromatic N) is 1. The quantitative estimate of drug-likeness (QED) is 0.859. The standard InChI is InChI=1S/C15H18N2O2S2/c1-9-13(21-15(16-9)11-5-7-20-8-11)14(19)17-12(4-6-18)10-2-3-10/h5,7-8,10,12,18H,2-4,6H2,1H3,(H,17,19). The van der Waals surface area contributed by atoms with Crippen molar-refractivity contribution in [2.75, 3.05) is 6.61 Å². The van der Waals surface area contributed by atoms with Crippen LogP contribution in [0.2, 0.25) is 0 Å². The monoisotopic (exact) mass is 322 g/mol. The largest absolute Gasteiger partial charge is 0.396 e. The van der Waals surface area contributed by atoms with Crippen molar-refractivity contribution in [2.45, 2.75) is 32.2 Å². The van der Waals surface area contributed by atoms with E-state index in [1.165, 1.54) is 11.3 Å². The normalized spacial score (nSPS) is 15.9. The number of aliphatic hydroxyl groups excluding tert-OH is 1. The molecule has 0 bridgehead atoms. The van der Waals surface area contributed by atoms with Gasteiger partial charge in [0.1, 0.15) is 9.88 Å². The van der Waals surface area contributed by atoms with E-state index in [1.807, 2.05) is 23.8 Å². The summed E-state index contributed by atoms with van der Waals surface area (Å²) in [5.41, 5.74) is 1.85. The minimum atomic E-state index is -0.0585. The molecule has 1 fully saturated rings. The first-order valence-electron chi connectivity index (χ1n) is 7.10. The summed E-state index contributed by atoms with van der Waals surface area (Å²) in [6, 6.07) is 2.11. The summed E-state index contributed by atoms with van der Waals surface area (Å²) in [6.07, 6.45) is 2.92. The molecule has 0 radical (unpaired) electrons. The lowest BCUT2D eigenvalue weighted by atomic mass is 10.1. The van der Waals surface area contributed by atoms with Crippen molar-refractivity contribution >= 4 is 28.6 Å². The number of amides is 1. The highest BCUT2D eigenvalue weighted by Gasteiger charge is 2.32. The van der Waals surface area contributed by atoms with Crippen molar-refractivity contribution in [1.82, 2.24) is 10.3 Å². The van der Waals surface area contributed by atoms with Crippen LogP contribution in [0.25, 0.3) is 10.6 Å². The van der Waals surface area contributed by atoms with Crippen LogP contribution in [0.15, 0.2) is 16.8 Å². The minimum absolute atomic E-state index is 0.0585. The fourth-order valence-corrected chi connectivity index (χ4v) is 4.09. The van der Waals surface area contributed by atoms with Gasteiger partial charge >= 0.3 is 0 Å². The summed E-state index contributed by atoms with van der Waals surface area (Å²) in [7, 11) is 0. The van der Waals surface area contributed by atoms with Gasteiger partial charge in [0.2, 0.25) is 0 Å². The van der Waals surface area contributed by atoms with E-state index in [-0.39, 0.29) is 18.6 Å². The SMILES string of the molecule is Cc1nc(-c2ccsc2)sc1C(=O)NC(CCO)C1CC1. The summed E-state index contributed by atoms with van der Waals surface area (Å²) in [5, 5.41) is 17.1. The van der Waals surface area contributed by atoms with Crippen molar-refractivity contribution in [3.63, 3.8) is 0 Å². The highest BCUT2D eigenvalue weighted by molar-refractivity contribution is 7.17. The Morgan fingerprint density at radius 1 is 1.57 bits per heavy atom. The molecule has 112 valence electrons. The van der Waals surface area contributed by atoms with Crippen molar-refractivity contribution in [3.05, 3.63) is 27.4 Å². The third-order valence-corrected chi connectivity index (χ3v) is 5.61. The second-order valence-electron chi connectivity index (χ2n) is 5.38. The molecule has 6 heteroatoms. The maximum absolute atomic E-state index is 12.4. The molecule has 1 amide bonds. The number of carbonyl (C=O) groups is 1. The number of rotatable bonds is 6. The summed E-state index contributed by atoms with van der Waals surface area (Å²) in [5.74, 6) is 0.475. The molecule has 2 N–H and O–H groups in total. The lowest BCUT2D eigenvalue weighted by Gasteiger charge is -2.16. The molecule has 0 aliphatic heterocycles. The average Bonchev–Trinajstić information content (AvgIpc) is 3.01. The highest BCUT2D eigenvalue weighted by atomic mass is 32.1. The molecular formula is C15H18N2O2S2. The smallest absolute Gasteiger partial charge is 0.263 e. The van der Waals surface area contributed by atoms with Crippen LogP contribution in [-0.2, 0) is 0 Å². The molecule has 2 aromatic heterocycles. The Kier molecular flexibility index (Phi) is 4.37. The predicted octanol–water partition coefficient (Wildman–Crippen LogP) is 3.07. The lowest BCUT2D eigenvalue weighted by molar-refractivity contribution is 0.0927. The number of thiazole rings is 1. The van der Waals surface area contributed by atoms with Crippen LogP contribution in [0, 0.1) is 12.8 Å². The molecule has 4 nitrogen and oxygen atoms in total. The van der Waals surface area contributed by atoms with Crippen LogP contribution in [0.3, 0.4) is 0 Å². The van der Waals surface area contributed by atoms with Gasteiger partial charge in [-0.05, 0) is 43.6 Å². The number of nitrogens with one attached hydrogen (secondary N) is 1. The van der Waals surface area contributed by atoms with Crippen LogP contribution in [0.5, 0.6) is 0 Å². The molecule has 1 saturated carbocycles. The highest BCUT2D eigenvalue weighted by Crippen LogP contribution is 2.35. The maximum atomic E-state index is 12.4. The number of aryl methyl sites for hydroxylation is 1. The number of carbonyl (C=O) groups excluding carboxylic acids is 1. The third kappa shape index (κ3) is 3.33. The van der Waals surface area contributed by atoms with Gasteiger partial charge in [-0.15, -0.1) is 11.3 Å². The van der Waals surface area contributed by atoms with E-state index < -0.39 is 0 Å². The third-order valence-electron chi connectivity index (χ3n) is 3.72. The van der Waals surface area contributed by atoms with Crippen molar-refractivity contribution in [2.24, 2.45) is 5.92 Å². The fraction of sp³-hybridized carbons (Fsp3) is 0.467. The van der Waals surface area contributed by atoms with Gasteiger partial charge in [0.25, 0.3) is 5.91 Å².